The number of hydrogen-bond donors (Lipinski definition) is 0. The van der Waals surface area contributed by atoms with Crippen molar-refractivity contribution < 1.29 is 9.53 Å². The van der Waals surface area contributed by atoms with Crippen LogP contribution in [0.25, 0.3) is 20.7 Å². The van der Waals surface area contributed by atoms with Crippen molar-refractivity contribution in [1.29, 1.82) is 0 Å². The number of thiophene rings is 1. The second kappa shape index (κ2) is 6.96. The van der Waals surface area contributed by atoms with E-state index >= 15 is 0 Å². The van der Waals surface area contributed by atoms with Gasteiger partial charge in [0.25, 0.3) is 0 Å². The summed E-state index contributed by atoms with van der Waals surface area (Å²) in [4.78, 5) is 17.9. The van der Waals surface area contributed by atoms with Crippen LogP contribution in [-0.4, -0.2) is 17.6 Å². The maximum absolute atomic E-state index is 12.1. The summed E-state index contributed by atoms with van der Waals surface area (Å²) in [6.07, 6.45) is 6.92. The van der Waals surface area contributed by atoms with Crippen LogP contribution in [0.15, 0.2) is 42.6 Å². The highest BCUT2D eigenvalue weighted by Gasteiger charge is 2.25. The Morgan fingerprint density at radius 3 is 2.80 bits per heavy atom. The van der Waals surface area contributed by atoms with Gasteiger partial charge in [0.2, 0.25) is 0 Å². The van der Waals surface area contributed by atoms with E-state index in [0.29, 0.717) is 18.1 Å². The average molecular weight is 351 g/mol. The molecule has 0 amide bonds. The molecule has 0 saturated heterocycles. The van der Waals surface area contributed by atoms with Crippen LogP contribution in [0, 0.1) is 0 Å². The third-order valence-corrected chi connectivity index (χ3v) is 6.09. The van der Waals surface area contributed by atoms with E-state index in [9.17, 15) is 4.79 Å². The summed E-state index contributed by atoms with van der Waals surface area (Å²) in [5.41, 5.74) is 3.08. The van der Waals surface area contributed by atoms with Gasteiger partial charge in [0.05, 0.1) is 22.7 Å². The third kappa shape index (κ3) is 3.07. The Hall–Kier alpha value is -2.20. The van der Waals surface area contributed by atoms with E-state index in [0.717, 1.165) is 10.4 Å². The Morgan fingerprint density at radius 2 is 2.08 bits per heavy atom. The van der Waals surface area contributed by atoms with Crippen LogP contribution in [0.4, 0.5) is 0 Å². The molecule has 0 radical (unpaired) electrons. The fourth-order valence-electron chi connectivity index (χ4n) is 3.77. The van der Waals surface area contributed by atoms with Crippen LogP contribution in [0.1, 0.15) is 54.4 Å². The van der Waals surface area contributed by atoms with Crippen molar-refractivity contribution in [3.8, 4) is 10.6 Å². The van der Waals surface area contributed by atoms with E-state index in [1.165, 1.54) is 41.5 Å². The lowest BCUT2D eigenvalue weighted by atomic mass is 9.93. The number of nitrogens with zero attached hydrogens (tertiary/aromatic N) is 1. The summed E-state index contributed by atoms with van der Waals surface area (Å²) < 4.78 is 6.30. The molecule has 0 N–H and O–H groups in total. The van der Waals surface area contributed by atoms with Gasteiger partial charge >= 0.3 is 5.97 Å². The molecule has 1 aliphatic carbocycles. The Kier molecular flexibility index (Phi) is 4.53. The molecule has 0 bridgehead atoms. The van der Waals surface area contributed by atoms with Gasteiger partial charge in [-0.15, -0.1) is 11.3 Å². The van der Waals surface area contributed by atoms with Gasteiger partial charge in [-0.3, -0.25) is 4.98 Å². The highest BCUT2D eigenvalue weighted by molar-refractivity contribution is 7.22. The van der Waals surface area contributed by atoms with Crippen LogP contribution >= 0.6 is 11.3 Å². The third-order valence-electron chi connectivity index (χ3n) is 4.90. The molecule has 25 heavy (non-hydrogen) atoms. The van der Waals surface area contributed by atoms with Gasteiger partial charge in [-0.1, -0.05) is 25.0 Å². The number of pyridine rings is 1. The Labute approximate surface area is 151 Å². The first-order chi connectivity index (χ1) is 12.3. The monoisotopic (exact) mass is 351 g/mol. The molecule has 1 saturated carbocycles. The summed E-state index contributed by atoms with van der Waals surface area (Å²) in [7, 11) is 0. The van der Waals surface area contributed by atoms with E-state index in [-0.39, 0.29) is 5.97 Å². The molecule has 0 atom stereocenters. The Bertz CT molecular complexity index is 895. The molecule has 4 rings (SSSR count). The zero-order valence-electron chi connectivity index (χ0n) is 14.3. The highest BCUT2D eigenvalue weighted by atomic mass is 32.1. The van der Waals surface area contributed by atoms with Crippen LogP contribution in [0.2, 0.25) is 0 Å². The van der Waals surface area contributed by atoms with Crippen molar-refractivity contribution >= 4 is 27.4 Å². The molecular weight excluding hydrogens is 330 g/mol. The van der Waals surface area contributed by atoms with E-state index in [2.05, 4.69) is 17.1 Å². The predicted molar refractivity (Wildman–Crippen MR) is 102 cm³/mol. The number of esters is 1. The molecule has 3 aromatic rings. The van der Waals surface area contributed by atoms with Gasteiger partial charge in [0.1, 0.15) is 0 Å². The summed E-state index contributed by atoms with van der Waals surface area (Å²) in [6.45, 7) is 2.23. The first-order valence-electron chi connectivity index (χ1n) is 8.93. The van der Waals surface area contributed by atoms with Gasteiger partial charge < -0.3 is 4.74 Å². The second-order valence-electron chi connectivity index (χ2n) is 6.47. The summed E-state index contributed by atoms with van der Waals surface area (Å²) in [6, 6.07) is 12.0. The molecule has 2 aromatic heterocycles. The van der Waals surface area contributed by atoms with E-state index in [1.807, 2.05) is 37.4 Å². The summed E-state index contributed by atoms with van der Waals surface area (Å²) in [5, 5.41) is 1.27. The topological polar surface area (TPSA) is 39.2 Å². The first-order valence-corrected chi connectivity index (χ1v) is 9.74. The maximum Gasteiger partial charge on any atom is 0.338 e. The lowest BCUT2D eigenvalue weighted by molar-refractivity contribution is 0.0526. The number of aromatic nitrogens is 1. The van der Waals surface area contributed by atoms with E-state index in [1.54, 1.807) is 11.3 Å². The minimum absolute atomic E-state index is 0.250. The molecule has 0 spiro atoms. The fraction of sp³-hybridized carbons (Fsp3) is 0.333. The van der Waals surface area contributed by atoms with Crippen molar-refractivity contribution in [1.82, 2.24) is 4.98 Å². The molecule has 0 unspecified atom stereocenters. The average Bonchev–Trinajstić information content (AvgIpc) is 3.29. The van der Waals surface area contributed by atoms with Crippen molar-refractivity contribution in [2.45, 2.75) is 38.5 Å². The lowest BCUT2D eigenvalue weighted by Gasteiger charge is -2.11. The number of benzene rings is 1. The molecule has 4 heteroatoms. The largest absolute Gasteiger partial charge is 0.462 e. The van der Waals surface area contributed by atoms with Crippen molar-refractivity contribution in [3.05, 3.63) is 53.7 Å². The zero-order chi connectivity index (χ0) is 17.2. The number of fused-ring (bicyclic) bond motifs is 1. The summed E-state index contributed by atoms with van der Waals surface area (Å²) in [5.74, 6) is 0.346. The molecule has 2 heterocycles. The predicted octanol–water partition coefficient (Wildman–Crippen LogP) is 5.80. The smallest absolute Gasteiger partial charge is 0.338 e. The molecule has 0 aliphatic heterocycles. The highest BCUT2D eigenvalue weighted by Crippen LogP contribution is 2.47. The van der Waals surface area contributed by atoms with Gasteiger partial charge in [0.15, 0.2) is 0 Å². The zero-order valence-corrected chi connectivity index (χ0v) is 15.1. The lowest BCUT2D eigenvalue weighted by Crippen LogP contribution is -2.04. The SMILES string of the molecule is CCOC(=O)c1ccc2c(C3CCCC3)c(-c3ccccn3)sc2c1. The standard InChI is InChI=1S/C21H21NO2S/c1-2-24-21(23)15-10-11-16-18(13-15)25-20(17-9-5-6-12-22-17)19(16)14-7-3-4-8-14/h5-6,9-14H,2-4,7-8H2,1H3. The van der Waals surface area contributed by atoms with E-state index < -0.39 is 0 Å². The molecule has 1 fully saturated rings. The second-order valence-corrected chi connectivity index (χ2v) is 7.52. The quantitative estimate of drug-likeness (QED) is 0.558. The first kappa shape index (κ1) is 16.3. The van der Waals surface area contributed by atoms with Crippen LogP contribution in [0.3, 0.4) is 0 Å². The maximum atomic E-state index is 12.1. The fourth-order valence-corrected chi connectivity index (χ4v) is 5.07. The molecule has 1 aromatic carbocycles. The van der Waals surface area contributed by atoms with Gasteiger partial charge in [0, 0.05) is 10.9 Å². The molecular formula is C21H21NO2S. The summed E-state index contributed by atoms with van der Waals surface area (Å²) >= 11 is 1.74. The Balaban J connectivity index is 1.87. The van der Waals surface area contributed by atoms with Gasteiger partial charge in [-0.25, -0.2) is 4.79 Å². The van der Waals surface area contributed by atoms with Crippen molar-refractivity contribution in [2.24, 2.45) is 0 Å². The van der Waals surface area contributed by atoms with E-state index in [4.69, 9.17) is 4.74 Å². The Morgan fingerprint density at radius 1 is 1.24 bits per heavy atom. The number of hydrogen-bond acceptors (Lipinski definition) is 4. The van der Waals surface area contributed by atoms with Gasteiger partial charge in [-0.05, 0) is 60.9 Å². The van der Waals surface area contributed by atoms with Crippen molar-refractivity contribution in [2.75, 3.05) is 6.61 Å². The normalized spacial score (nSPS) is 14.9. The van der Waals surface area contributed by atoms with Gasteiger partial charge in [-0.2, -0.15) is 0 Å². The van der Waals surface area contributed by atoms with Crippen LogP contribution in [0.5, 0.6) is 0 Å². The minimum Gasteiger partial charge on any atom is -0.462 e. The number of carbonyl (C=O) groups is 1. The molecule has 128 valence electrons. The van der Waals surface area contributed by atoms with Crippen molar-refractivity contribution in [3.63, 3.8) is 0 Å². The molecule has 3 nitrogen and oxygen atoms in total. The minimum atomic E-state index is -0.250. The van der Waals surface area contributed by atoms with Crippen LogP contribution in [-0.2, 0) is 4.74 Å². The number of rotatable bonds is 4. The molecule has 1 aliphatic rings. The number of ether oxygens (including phenoxy) is 1. The number of carbonyl (C=O) groups excluding carboxylic acids is 1. The van der Waals surface area contributed by atoms with Crippen LogP contribution < -0.4 is 0 Å².